The minimum absolute atomic E-state index is 0.870. The first-order valence-corrected chi connectivity index (χ1v) is 8.22. The van der Waals surface area contributed by atoms with Crippen molar-refractivity contribution in [3.8, 4) is 0 Å². The maximum atomic E-state index is 4.65. The summed E-state index contributed by atoms with van der Waals surface area (Å²) in [5.74, 6) is 0.878. The van der Waals surface area contributed by atoms with Gasteiger partial charge in [-0.3, -0.25) is 5.01 Å². The minimum Gasteiger partial charge on any atom is -0.263 e. The molecule has 1 aliphatic rings. The molecule has 0 N–H and O–H groups in total. The van der Waals surface area contributed by atoms with Crippen LogP contribution in [0.1, 0.15) is 17.5 Å². The van der Waals surface area contributed by atoms with Crippen LogP contribution in [0.5, 0.6) is 0 Å². The monoisotopic (exact) mass is 313 g/mol. The number of aryl methyl sites for hydroxylation is 1. The number of amidine groups is 1. The van der Waals surface area contributed by atoms with E-state index in [2.05, 4.69) is 83.7 Å². The second-order valence-electron chi connectivity index (χ2n) is 6.09. The zero-order valence-corrected chi connectivity index (χ0v) is 13.7. The predicted octanol–water partition coefficient (Wildman–Crippen LogP) is 4.79. The summed E-state index contributed by atoms with van der Waals surface area (Å²) in [6.45, 7) is 2.96. The molecule has 0 bridgehead atoms. The highest BCUT2D eigenvalue weighted by Crippen LogP contribution is 2.24. The molecule has 3 heteroatoms. The van der Waals surface area contributed by atoms with Crippen LogP contribution >= 0.6 is 0 Å². The van der Waals surface area contributed by atoms with Crippen molar-refractivity contribution in [3.63, 3.8) is 0 Å². The first-order chi connectivity index (χ1) is 11.8. The molecule has 0 spiro atoms. The highest BCUT2D eigenvalue weighted by Gasteiger charge is 2.15. The zero-order valence-electron chi connectivity index (χ0n) is 13.7. The fourth-order valence-corrected chi connectivity index (χ4v) is 2.86. The molecule has 0 amide bonds. The molecule has 3 aromatic rings. The third-order valence-electron chi connectivity index (χ3n) is 4.25. The molecule has 3 aromatic carbocycles. The van der Waals surface area contributed by atoms with Gasteiger partial charge in [0.25, 0.3) is 0 Å². The van der Waals surface area contributed by atoms with Gasteiger partial charge in [0.1, 0.15) is 0 Å². The Morgan fingerprint density at radius 1 is 0.958 bits per heavy atom. The van der Waals surface area contributed by atoms with Gasteiger partial charge >= 0.3 is 0 Å². The van der Waals surface area contributed by atoms with E-state index in [1.165, 1.54) is 16.3 Å². The summed E-state index contributed by atoms with van der Waals surface area (Å²) in [5, 5.41) is 9.18. The van der Waals surface area contributed by atoms with Crippen LogP contribution in [0.15, 0.2) is 76.8 Å². The summed E-state index contributed by atoms with van der Waals surface area (Å²) in [4.78, 5) is 4.54. The van der Waals surface area contributed by atoms with E-state index in [-0.39, 0.29) is 0 Å². The summed E-state index contributed by atoms with van der Waals surface area (Å²) in [5.41, 5.74) is 3.48. The minimum atomic E-state index is 0.870. The highest BCUT2D eigenvalue weighted by atomic mass is 15.5. The Kier molecular flexibility index (Phi) is 3.83. The fraction of sp³-hybridized carbons (Fsp3) is 0.143. The number of nitrogens with zero attached hydrogens (tertiary/aromatic N) is 3. The molecule has 1 aliphatic heterocycles. The molecular weight excluding hydrogens is 294 g/mol. The lowest BCUT2D eigenvalue weighted by Gasteiger charge is -2.13. The molecule has 0 aromatic heterocycles. The molecule has 1 heterocycles. The van der Waals surface area contributed by atoms with Crippen LogP contribution < -0.4 is 5.01 Å². The maximum absolute atomic E-state index is 4.65. The van der Waals surface area contributed by atoms with Crippen molar-refractivity contribution in [1.29, 1.82) is 0 Å². The van der Waals surface area contributed by atoms with Crippen molar-refractivity contribution in [1.82, 2.24) is 0 Å². The van der Waals surface area contributed by atoms with Crippen LogP contribution in [0.4, 0.5) is 5.69 Å². The second kappa shape index (κ2) is 6.28. The molecule has 0 unspecified atom stereocenters. The van der Waals surface area contributed by atoms with Gasteiger partial charge in [-0.15, -0.1) is 0 Å². The molecule has 0 aliphatic carbocycles. The third-order valence-corrected chi connectivity index (χ3v) is 4.25. The number of hydrogen-bond acceptors (Lipinski definition) is 3. The Labute approximate surface area is 142 Å². The van der Waals surface area contributed by atoms with Crippen LogP contribution in [0.2, 0.25) is 0 Å². The van der Waals surface area contributed by atoms with Crippen LogP contribution in [-0.4, -0.2) is 18.6 Å². The lowest BCUT2D eigenvalue weighted by Crippen LogP contribution is -2.11. The van der Waals surface area contributed by atoms with Gasteiger partial charge in [0.05, 0.1) is 5.69 Å². The number of fused-ring (bicyclic) bond motifs is 1. The molecule has 0 radical (unpaired) electrons. The second-order valence-corrected chi connectivity index (χ2v) is 6.09. The molecule has 0 saturated heterocycles. The average molecular weight is 313 g/mol. The van der Waals surface area contributed by atoms with Crippen molar-refractivity contribution in [2.24, 2.45) is 10.1 Å². The first kappa shape index (κ1) is 14.6. The number of benzene rings is 3. The van der Waals surface area contributed by atoms with Gasteiger partial charge in [-0.1, -0.05) is 60.2 Å². The largest absolute Gasteiger partial charge is 0.263 e. The van der Waals surface area contributed by atoms with Crippen LogP contribution in [0, 0.1) is 6.92 Å². The third kappa shape index (κ3) is 3.06. The number of aliphatic imine (C=N–C) groups is 1. The van der Waals surface area contributed by atoms with Gasteiger partial charge < -0.3 is 0 Å². The van der Waals surface area contributed by atoms with E-state index in [0.717, 1.165) is 30.1 Å². The molecule has 24 heavy (non-hydrogen) atoms. The summed E-state index contributed by atoms with van der Waals surface area (Å²) in [7, 11) is 0. The molecular formula is C21H19N3. The normalized spacial score (nSPS) is 14.5. The Balaban J connectivity index is 1.54. The molecule has 0 saturated carbocycles. The summed E-state index contributed by atoms with van der Waals surface area (Å²) in [6.07, 6.45) is 2.76. The van der Waals surface area contributed by atoms with Crippen molar-refractivity contribution in [3.05, 3.63) is 77.9 Å². The van der Waals surface area contributed by atoms with Crippen LogP contribution in [0.25, 0.3) is 10.8 Å². The van der Waals surface area contributed by atoms with E-state index in [9.17, 15) is 0 Å². The predicted molar refractivity (Wildman–Crippen MR) is 102 cm³/mol. The van der Waals surface area contributed by atoms with E-state index >= 15 is 0 Å². The lowest BCUT2D eigenvalue weighted by atomic mass is 10.1. The van der Waals surface area contributed by atoms with Gasteiger partial charge in [0.2, 0.25) is 0 Å². The van der Waals surface area contributed by atoms with Gasteiger partial charge in [-0.05, 0) is 35.4 Å². The van der Waals surface area contributed by atoms with Crippen molar-refractivity contribution >= 4 is 28.5 Å². The highest BCUT2D eigenvalue weighted by molar-refractivity contribution is 5.96. The van der Waals surface area contributed by atoms with E-state index < -0.39 is 0 Å². The summed E-state index contributed by atoms with van der Waals surface area (Å²) < 4.78 is 0. The first-order valence-electron chi connectivity index (χ1n) is 8.22. The van der Waals surface area contributed by atoms with E-state index in [0.29, 0.717) is 0 Å². The van der Waals surface area contributed by atoms with Gasteiger partial charge in [-0.2, -0.15) is 5.10 Å². The van der Waals surface area contributed by atoms with Crippen LogP contribution in [-0.2, 0) is 0 Å². The Morgan fingerprint density at radius 3 is 2.58 bits per heavy atom. The lowest BCUT2D eigenvalue weighted by molar-refractivity contribution is 0.923. The van der Waals surface area contributed by atoms with E-state index in [1.807, 2.05) is 11.2 Å². The Hall–Kier alpha value is -2.94. The molecule has 118 valence electrons. The van der Waals surface area contributed by atoms with Gasteiger partial charge in [0.15, 0.2) is 5.84 Å². The SMILES string of the molecule is Cc1ccc(/C=N/C2=NN(c3ccc4ccccc4c3)CC2)cc1. The van der Waals surface area contributed by atoms with Crippen LogP contribution in [0.3, 0.4) is 0 Å². The standard InChI is InChI=1S/C21H19N3/c1-16-6-8-17(9-7-16)15-22-21-12-13-24(23-21)20-11-10-18-4-2-3-5-19(18)14-20/h2-11,14-15H,12-13H2,1H3/b22-15+. The number of rotatable bonds is 2. The van der Waals surface area contributed by atoms with Crippen molar-refractivity contribution in [2.45, 2.75) is 13.3 Å². The number of anilines is 1. The quantitative estimate of drug-likeness (QED) is 0.625. The van der Waals surface area contributed by atoms with Crippen molar-refractivity contribution in [2.75, 3.05) is 11.6 Å². The summed E-state index contributed by atoms with van der Waals surface area (Å²) in [6, 6.07) is 23.2. The average Bonchev–Trinajstić information content (AvgIpc) is 3.10. The zero-order chi connectivity index (χ0) is 16.4. The molecule has 4 rings (SSSR count). The molecule has 3 nitrogen and oxygen atoms in total. The van der Waals surface area contributed by atoms with Gasteiger partial charge in [-0.25, -0.2) is 4.99 Å². The summed E-state index contributed by atoms with van der Waals surface area (Å²) >= 11 is 0. The van der Waals surface area contributed by atoms with E-state index in [4.69, 9.17) is 0 Å². The number of hydrazone groups is 1. The topological polar surface area (TPSA) is 28.0 Å². The Bertz CT molecular complexity index is 923. The maximum Gasteiger partial charge on any atom is 0.150 e. The van der Waals surface area contributed by atoms with E-state index in [1.54, 1.807) is 0 Å². The molecule has 0 atom stereocenters. The molecule has 0 fully saturated rings. The van der Waals surface area contributed by atoms with Crippen molar-refractivity contribution < 1.29 is 0 Å². The fourth-order valence-electron chi connectivity index (χ4n) is 2.86. The smallest absolute Gasteiger partial charge is 0.150 e. The number of hydrogen-bond donors (Lipinski definition) is 0. The van der Waals surface area contributed by atoms with Gasteiger partial charge in [0, 0.05) is 19.2 Å². The Morgan fingerprint density at radius 2 is 1.75 bits per heavy atom.